The number of hydrogen-bond donors (Lipinski definition) is 0. The number of anilines is 3. The Kier molecular flexibility index (Phi) is 8.13. The summed E-state index contributed by atoms with van der Waals surface area (Å²) in [5, 5.41) is 4.68. The van der Waals surface area contributed by atoms with Crippen LogP contribution < -0.4 is 4.90 Å². The molecule has 64 heavy (non-hydrogen) atoms. The van der Waals surface area contributed by atoms with E-state index in [1.807, 2.05) is 6.07 Å². The lowest BCUT2D eigenvalue weighted by Gasteiger charge is -2.35. The molecular formula is C61H40N2O. The zero-order valence-corrected chi connectivity index (χ0v) is 34.9. The number of hydrogen-bond acceptors (Lipinski definition) is 2. The SMILES string of the molecule is c1ccc(-c2ccc(N(c3ccc(-n4c5ccccc5c5ccc6oc7ccccc7c6c54)cc3)c3ccc4c(c3)C(c3ccccc3)(c3ccccc3)c3ccccc3-4)cc2)cc1. The van der Waals surface area contributed by atoms with Crippen molar-refractivity contribution in [3.05, 3.63) is 265 Å². The first-order valence-electron chi connectivity index (χ1n) is 22.0. The lowest BCUT2D eigenvalue weighted by molar-refractivity contribution is 0.669. The minimum absolute atomic E-state index is 0.518. The van der Waals surface area contributed by atoms with Gasteiger partial charge in [0.05, 0.1) is 21.8 Å². The Morgan fingerprint density at radius 2 is 0.938 bits per heavy atom. The highest BCUT2D eigenvalue weighted by molar-refractivity contribution is 6.24. The van der Waals surface area contributed by atoms with Gasteiger partial charge in [-0.05, 0) is 117 Å². The Labute approximate surface area is 371 Å². The van der Waals surface area contributed by atoms with Crippen molar-refractivity contribution in [3.63, 3.8) is 0 Å². The van der Waals surface area contributed by atoms with Crippen molar-refractivity contribution in [2.24, 2.45) is 0 Å². The molecule has 3 heteroatoms. The van der Waals surface area contributed by atoms with Crippen molar-refractivity contribution in [1.29, 1.82) is 0 Å². The standard InChI is InChI=1S/C61H40N2O/c1-4-16-41(17-5-1)42-28-30-45(31-29-42)62(48-36-37-50-49-22-10-13-25-54(49)61(55(50)40-48,43-18-6-2-7-19-43)44-20-8-3-9-21-44)46-32-34-47(35-33-46)63-56-26-14-11-23-51(56)52-38-39-58-59(60(52)63)53-24-12-15-27-57(53)64-58/h1-40H. The van der Waals surface area contributed by atoms with E-state index in [0.29, 0.717) is 0 Å². The molecule has 2 aromatic heterocycles. The van der Waals surface area contributed by atoms with E-state index in [1.54, 1.807) is 0 Å². The molecule has 0 amide bonds. The molecule has 0 radical (unpaired) electrons. The van der Waals surface area contributed by atoms with Gasteiger partial charge < -0.3 is 13.9 Å². The summed E-state index contributed by atoms with van der Waals surface area (Å²) in [6, 6.07) is 88.3. The molecule has 10 aromatic carbocycles. The van der Waals surface area contributed by atoms with Gasteiger partial charge in [0.2, 0.25) is 0 Å². The summed E-state index contributed by atoms with van der Waals surface area (Å²) in [7, 11) is 0. The Morgan fingerprint density at radius 1 is 0.375 bits per heavy atom. The first-order chi connectivity index (χ1) is 31.8. The minimum atomic E-state index is -0.518. The molecule has 0 aliphatic heterocycles. The highest BCUT2D eigenvalue weighted by Gasteiger charge is 2.46. The van der Waals surface area contributed by atoms with Gasteiger partial charge in [0.15, 0.2) is 0 Å². The largest absolute Gasteiger partial charge is 0.456 e. The zero-order chi connectivity index (χ0) is 42.2. The number of fused-ring (bicyclic) bond motifs is 10. The highest BCUT2D eigenvalue weighted by Crippen LogP contribution is 2.57. The van der Waals surface area contributed by atoms with Crippen LogP contribution in [0.15, 0.2) is 247 Å². The molecule has 0 N–H and O–H groups in total. The van der Waals surface area contributed by atoms with Gasteiger partial charge in [-0.1, -0.05) is 170 Å². The van der Waals surface area contributed by atoms with E-state index in [-0.39, 0.29) is 0 Å². The Bertz CT molecular complexity index is 3660. The number of para-hydroxylation sites is 2. The van der Waals surface area contributed by atoms with Crippen LogP contribution in [0.2, 0.25) is 0 Å². The molecular weight excluding hydrogens is 777 g/mol. The first kappa shape index (κ1) is 36.3. The lowest BCUT2D eigenvalue weighted by atomic mass is 9.67. The fraction of sp³-hybridized carbons (Fsp3) is 0.0164. The second-order valence-electron chi connectivity index (χ2n) is 16.8. The summed E-state index contributed by atoms with van der Waals surface area (Å²) in [4.78, 5) is 2.41. The van der Waals surface area contributed by atoms with E-state index in [2.05, 4.69) is 246 Å². The van der Waals surface area contributed by atoms with Crippen LogP contribution in [0.25, 0.3) is 71.7 Å². The molecule has 0 fully saturated rings. The van der Waals surface area contributed by atoms with E-state index in [0.717, 1.165) is 55.7 Å². The van der Waals surface area contributed by atoms with Crippen LogP contribution in [-0.4, -0.2) is 4.57 Å². The van der Waals surface area contributed by atoms with Crippen LogP contribution in [0.1, 0.15) is 22.3 Å². The van der Waals surface area contributed by atoms with Crippen molar-refractivity contribution in [2.45, 2.75) is 5.41 Å². The Morgan fingerprint density at radius 3 is 1.67 bits per heavy atom. The van der Waals surface area contributed by atoms with Gasteiger partial charge in [-0.2, -0.15) is 0 Å². The average Bonchev–Trinajstić information content (AvgIpc) is 4.02. The van der Waals surface area contributed by atoms with E-state index in [4.69, 9.17) is 4.42 Å². The van der Waals surface area contributed by atoms with Gasteiger partial charge >= 0.3 is 0 Å². The zero-order valence-electron chi connectivity index (χ0n) is 34.9. The third-order valence-electron chi connectivity index (χ3n) is 13.5. The molecule has 0 atom stereocenters. The maximum Gasteiger partial charge on any atom is 0.137 e. The fourth-order valence-electron chi connectivity index (χ4n) is 10.7. The van der Waals surface area contributed by atoms with Crippen LogP contribution >= 0.6 is 0 Å². The molecule has 0 saturated carbocycles. The van der Waals surface area contributed by atoms with Crippen molar-refractivity contribution in [2.75, 3.05) is 4.90 Å². The first-order valence-corrected chi connectivity index (χ1v) is 22.0. The van der Waals surface area contributed by atoms with Crippen LogP contribution in [0.5, 0.6) is 0 Å². The molecule has 2 heterocycles. The minimum Gasteiger partial charge on any atom is -0.456 e. The lowest BCUT2D eigenvalue weighted by Crippen LogP contribution is -2.28. The van der Waals surface area contributed by atoms with Gasteiger partial charge in [0.1, 0.15) is 11.2 Å². The third-order valence-corrected chi connectivity index (χ3v) is 13.5. The van der Waals surface area contributed by atoms with E-state index >= 15 is 0 Å². The summed E-state index contributed by atoms with van der Waals surface area (Å²) >= 11 is 0. The van der Waals surface area contributed by atoms with Gasteiger partial charge in [-0.15, -0.1) is 0 Å². The highest BCUT2D eigenvalue weighted by atomic mass is 16.3. The van der Waals surface area contributed by atoms with E-state index < -0.39 is 5.41 Å². The van der Waals surface area contributed by atoms with Crippen molar-refractivity contribution in [3.8, 4) is 27.9 Å². The van der Waals surface area contributed by atoms with Gasteiger partial charge in [-0.3, -0.25) is 0 Å². The summed E-state index contributed by atoms with van der Waals surface area (Å²) in [5.74, 6) is 0. The quantitative estimate of drug-likeness (QED) is 0.160. The summed E-state index contributed by atoms with van der Waals surface area (Å²) in [6.07, 6.45) is 0. The number of benzene rings is 10. The molecule has 1 aliphatic carbocycles. The molecule has 3 nitrogen and oxygen atoms in total. The van der Waals surface area contributed by atoms with Gasteiger partial charge in [-0.25, -0.2) is 0 Å². The maximum absolute atomic E-state index is 6.44. The molecule has 1 aliphatic rings. The van der Waals surface area contributed by atoms with E-state index in [9.17, 15) is 0 Å². The van der Waals surface area contributed by atoms with Crippen LogP contribution in [0, 0.1) is 0 Å². The summed E-state index contributed by atoms with van der Waals surface area (Å²) < 4.78 is 8.85. The topological polar surface area (TPSA) is 21.3 Å². The average molecular weight is 817 g/mol. The van der Waals surface area contributed by atoms with Crippen LogP contribution in [0.3, 0.4) is 0 Å². The van der Waals surface area contributed by atoms with Crippen LogP contribution in [-0.2, 0) is 5.41 Å². The Balaban J connectivity index is 1.02. The number of nitrogens with zero attached hydrogens (tertiary/aromatic N) is 2. The van der Waals surface area contributed by atoms with Crippen molar-refractivity contribution in [1.82, 2.24) is 4.57 Å². The predicted molar refractivity (Wildman–Crippen MR) is 265 cm³/mol. The number of furan rings is 1. The monoisotopic (exact) mass is 816 g/mol. The van der Waals surface area contributed by atoms with E-state index in [1.165, 1.54) is 55.3 Å². The molecule has 13 rings (SSSR count). The predicted octanol–water partition coefficient (Wildman–Crippen LogP) is 16.2. The third kappa shape index (κ3) is 5.34. The van der Waals surface area contributed by atoms with Crippen molar-refractivity contribution < 1.29 is 4.42 Å². The smallest absolute Gasteiger partial charge is 0.137 e. The molecule has 0 saturated heterocycles. The summed E-state index contributed by atoms with van der Waals surface area (Å²) in [6.45, 7) is 0. The molecule has 300 valence electrons. The molecule has 0 bridgehead atoms. The number of aromatic nitrogens is 1. The van der Waals surface area contributed by atoms with Crippen molar-refractivity contribution >= 4 is 60.8 Å². The molecule has 0 spiro atoms. The van der Waals surface area contributed by atoms with Gasteiger partial charge in [0, 0.05) is 38.9 Å². The maximum atomic E-state index is 6.44. The normalized spacial score (nSPS) is 12.8. The summed E-state index contributed by atoms with van der Waals surface area (Å²) in [5.41, 5.74) is 17.9. The Hall–Kier alpha value is -8.40. The molecule has 0 unspecified atom stereocenters. The van der Waals surface area contributed by atoms with Crippen LogP contribution in [0.4, 0.5) is 17.1 Å². The fourth-order valence-corrected chi connectivity index (χ4v) is 10.7. The second-order valence-corrected chi connectivity index (χ2v) is 16.8. The molecule has 12 aromatic rings. The number of rotatable bonds is 7. The van der Waals surface area contributed by atoms with Gasteiger partial charge in [0.25, 0.3) is 0 Å². The second kappa shape index (κ2) is 14.3.